The summed E-state index contributed by atoms with van der Waals surface area (Å²) >= 11 is 0. The maximum Gasteiger partial charge on any atom is 0.422 e. The standard InChI is InChI=1S/C28H50O14P4/c1-11-12-13-16-22-19-24(41-45(33,39-9)27(3,29)43(31,35-5)36-6)26(23-17-14-15-21(2)18-23)25(20-22)42-46(34,40-10)28(4,30)44(32,37-7)38-8/h18-20,23,29-30H,11-17H2,1-10H3. The number of hydrogen-bond donors (Lipinski definition) is 2. The predicted octanol–water partition coefficient (Wildman–Crippen LogP) is 8.37. The molecule has 0 spiro atoms. The van der Waals surface area contributed by atoms with Crippen molar-refractivity contribution in [3.05, 3.63) is 34.9 Å². The van der Waals surface area contributed by atoms with Crippen molar-refractivity contribution in [2.75, 3.05) is 42.7 Å². The average Bonchev–Trinajstić information content (AvgIpc) is 3.03. The fourth-order valence-electron chi connectivity index (χ4n) is 5.23. The van der Waals surface area contributed by atoms with Gasteiger partial charge < -0.3 is 46.4 Å². The molecule has 14 nitrogen and oxygen atoms in total. The minimum Gasteiger partial charge on any atom is -0.422 e. The molecule has 1 aromatic carbocycles. The molecule has 266 valence electrons. The highest BCUT2D eigenvalue weighted by atomic mass is 31.2. The number of unbranched alkanes of at least 4 members (excludes halogenated alkanes) is 2. The highest BCUT2D eigenvalue weighted by molar-refractivity contribution is 7.74. The average molecular weight is 735 g/mol. The zero-order valence-electron chi connectivity index (χ0n) is 28.3. The number of aliphatic hydroxyl groups is 2. The van der Waals surface area contributed by atoms with Gasteiger partial charge in [0.05, 0.1) is 0 Å². The van der Waals surface area contributed by atoms with Crippen LogP contribution in [0.1, 0.15) is 83.3 Å². The van der Waals surface area contributed by atoms with Crippen molar-refractivity contribution in [3.8, 4) is 11.5 Å². The summed E-state index contributed by atoms with van der Waals surface area (Å²) < 4.78 is 98.0. The van der Waals surface area contributed by atoms with E-state index in [-0.39, 0.29) is 17.1 Å². The van der Waals surface area contributed by atoms with Gasteiger partial charge in [-0.25, -0.2) is 9.13 Å². The van der Waals surface area contributed by atoms with Gasteiger partial charge in [-0.2, -0.15) is 0 Å². The first-order valence-corrected chi connectivity index (χ1v) is 20.9. The minimum atomic E-state index is -4.84. The van der Waals surface area contributed by atoms with Gasteiger partial charge in [0.15, 0.2) is 0 Å². The van der Waals surface area contributed by atoms with Crippen LogP contribution in [0.5, 0.6) is 11.5 Å². The molecule has 0 amide bonds. The SMILES string of the molecule is CCCCCc1cc(OP(=O)(OC)C(C)(O)P(=O)(OC)OC)c(C2C=C(C)CCC2)c(OP(=O)(OC)C(C)(O)P(=O)(OC)OC)c1. The van der Waals surface area contributed by atoms with Crippen molar-refractivity contribution in [2.24, 2.45) is 0 Å². The molecule has 0 saturated carbocycles. The molecule has 5 unspecified atom stereocenters. The van der Waals surface area contributed by atoms with Crippen LogP contribution >= 0.6 is 30.4 Å². The molecule has 0 radical (unpaired) electrons. The number of rotatable bonds is 19. The number of aryl methyl sites for hydroxylation is 1. The first-order chi connectivity index (χ1) is 21.3. The molecule has 2 rings (SSSR count). The second-order valence-corrected chi connectivity index (χ2v) is 21.9. The highest BCUT2D eigenvalue weighted by Crippen LogP contribution is 2.77. The van der Waals surface area contributed by atoms with Gasteiger partial charge >= 0.3 is 30.4 Å². The lowest BCUT2D eigenvalue weighted by molar-refractivity contribution is 0.124. The van der Waals surface area contributed by atoms with Crippen LogP contribution in [0.3, 0.4) is 0 Å². The highest BCUT2D eigenvalue weighted by Gasteiger charge is 2.63. The lowest BCUT2D eigenvalue weighted by atomic mass is 9.84. The van der Waals surface area contributed by atoms with Gasteiger partial charge in [-0.15, -0.1) is 0 Å². The first kappa shape index (κ1) is 41.3. The Morgan fingerprint density at radius 3 is 1.50 bits per heavy atom. The van der Waals surface area contributed by atoms with E-state index in [1.165, 1.54) is 0 Å². The second kappa shape index (κ2) is 16.2. The van der Waals surface area contributed by atoms with E-state index in [2.05, 4.69) is 0 Å². The molecule has 1 aliphatic rings. The van der Waals surface area contributed by atoms with Crippen LogP contribution in [-0.4, -0.2) is 63.0 Å². The monoisotopic (exact) mass is 734 g/mol. The van der Waals surface area contributed by atoms with E-state index in [0.29, 0.717) is 18.4 Å². The van der Waals surface area contributed by atoms with Crippen LogP contribution in [0.2, 0.25) is 0 Å². The molecular formula is C28H50O14P4. The molecule has 1 aromatic rings. The van der Waals surface area contributed by atoms with Crippen molar-refractivity contribution in [2.45, 2.75) is 88.7 Å². The van der Waals surface area contributed by atoms with Crippen molar-refractivity contribution in [3.63, 3.8) is 0 Å². The largest absolute Gasteiger partial charge is 0.422 e. The maximum atomic E-state index is 14.4. The summed E-state index contributed by atoms with van der Waals surface area (Å²) in [4.78, 5) is 0. The fourth-order valence-corrected chi connectivity index (χ4v) is 13.0. The summed E-state index contributed by atoms with van der Waals surface area (Å²) in [5.41, 5.74) is 1.82. The Bertz CT molecular complexity index is 1320. The molecule has 5 atom stereocenters. The molecular weight excluding hydrogens is 684 g/mol. The van der Waals surface area contributed by atoms with Crippen LogP contribution in [0, 0.1) is 0 Å². The molecule has 2 N–H and O–H groups in total. The van der Waals surface area contributed by atoms with Crippen LogP contribution < -0.4 is 9.05 Å². The van der Waals surface area contributed by atoms with E-state index in [1.54, 1.807) is 12.1 Å². The molecule has 0 fully saturated rings. The van der Waals surface area contributed by atoms with Gasteiger partial charge in [0, 0.05) is 54.1 Å². The Morgan fingerprint density at radius 2 is 1.15 bits per heavy atom. The maximum absolute atomic E-state index is 14.4. The van der Waals surface area contributed by atoms with Crippen molar-refractivity contribution in [1.29, 1.82) is 0 Å². The molecule has 46 heavy (non-hydrogen) atoms. The van der Waals surface area contributed by atoms with Gasteiger partial charge in [-0.1, -0.05) is 31.4 Å². The third-order valence-electron chi connectivity index (χ3n) is 8.13. The van der Waals surface area contributed by atoms with E-state index in [4.69, 9.17) is 36.2 Å². The van der Waals surface area contributed by atoms with Crippen molar-refractivity contribution >= 4 is 30.4 Å². The van der Waals surface area contributed by atoms with Crippen LogP contribution in [0.25, 0.3) is 0 Å². The van der Waals surface area contributed by atoms with Gasteiger partial charge in [0.2, 0.25) is 0 Å². The van der Waals surface area contributed by atoms with E-state index in [9.17, 15) is 28.5 Å². The molecule has 0 saturated heterocycles. The Hall–Kier alpha value is -0.840. The fraction of sp³-hybridized carbons (Fsp3) is 0.714. The Kier molecular flexibility index (Phi) is 14.6. The summed E-state index contributed by atoms with van der Waals surface area (Å²) in [5, 5.41) is 17.3. The predicted molar refractivity (Wildman–Crippen MR) is 175 cm³/mol. The summed E-state index contributed by atoms with van der Waals surface area (Å²) in [6, 6.07) is 3.18. The molecule has 0 aromatic heterocycles. The van der Waals surface area contributed by atoms with Crippen molar-refractivity contribution in [1.82, 2.24) is 0 Å². The van der Waals surface area contributed by atoms with Crippen LogP contribution in [-0.2, 0) is 51.8 Å². The van der Waals surface area contributed by atoms with Crippen LogP contribution in [0.15, 0.2) is 23.8 Å². The van der Waals surface area contributed by atoms with Crippen LogP contribution in [0.4, 0.5) is 0 Å². The summed E-state index contributed by atoms with van der Waals surface area (Å²) in [7, 11) is -12.6. The lowest BCUT2D eigenvalue weighted by Crippen LogP contribution is -2.30. The molecule has 18 heteroatoms. The quantitative estimate of drug-likeness (QED) is 0.0785. The molecule has 1 aliphatic carbocycles. The lowest BCUT2D eigenvalue weighted by Gasteiger charge is -2.36. The third-order valence-corrected chi connectivity index (χ3v) is 19.0. The Morgan fingerprint density at radius 1 is 0.739 bits per heavy atom. The topological polar surface area (TPSA) is 183 Å². The molecule has 0 aliphatic heterocycles. The van der Waals surface area contributed by atoms with E-state index >= 15 is 0 Å². The van der Waals surface area contributed by atoms with Crippen molar-refractivity contribution < 1.29 is 64.7 Å². The number of benzene rings is 1. The first-order valence-electron chi connectivity index (χ1n) is 14.8. The number of hydrogen-bond acceptors (Lipinski definition) is 14. The normalized spacial score (nSPS) is 21.3. The Labute approximate surface area is 272 Å². The van der Waals surface area contributed by atoms with E-state index < -0.39 is 46.5 Å². The molecule has 0 heterocycles. The summed E-state index contributed by atoms with van der Waals surface area (Å²) in [6.45, 7) is 5.89. The van der Waals surface area contributed by atoms with Gasteiger partial charge in [0.25, 0.3) is 10.2 Å². The summed E-state index contributed by atoms with van der Waals surface area (Å²) in [6.07, 6.45) is 7.00. The Balaban J connectivity index is 3.00. The smallest absolute Gasteiger partial charge is 0.422 e. The zero-order valence-corrected chi connectivity index (χ0v) is 31.9. The summed E-state index contributed by atoms with van der Waals surface area (Å²) in [5.74, 6) is -0.691. The zero-order chi connectivity index (χ0) is 35.2. The minimum absolute atomic E-state index is 0.104. The van der Waals surface area contributed by atoms with E-state index in [0.717, 1.165) is 94.2 Å². The van der Waals surface area contributed by atoms with Gasteiger partial charge in [-0.3, -0.25) is 9.13 Å². The van der Waals surface area contributed by atoms with Gasteiger partial charge in [-0.05, 0) is 70.6 Å². The van der Waals surface area contributed by atoms with Gasteiger partial charge in [0.1, 0.15) is 11.5 Å². The molecule has 0 bridgehead atoms. The van der Waals surface area contributed by atoms with E-state index in [1.807, 2.05) is 19.9 Å². The second-order valence-electron chi connectivity index (χ2n) is 11.2. The third kappa shape index (κ3) is 7.96. The number of allylic oxidation sites excluding steroid dienone is 2.